The number of rotatable bonds is 10. The molecule has 1 amide bonds. The number of aromatic amines is 1. The van der Waals surface area contributed by atoms with E-state index in [0.717, 1.165) is 70.2 Å². The first-order valence-electron chi connectivity index (χ1n) is 14.1. The van der Waals surface area contributed by atoms with Crippen LogP contribution in [0.25, 0.3) is 5.57 Å². The van der Waals surface area contributed by atoms with Crippen LogP contribution in [0.5, 0.6) is 0 Å². The van der Waals surface area contributed by atoms with Crippen LogP contribution in [0.2, 0.25) is 0 Å². The lowest BCUT2D eigenvalue weighted by atomic mass is 9.76. The molecule has 1 fully saturated rings. The van der Waals surface area contributed by atoms with E-state index >= 15 is 0 Å². The summed E-state index contributed by atoms with van der Waals surface area (Å²) in [4.78, 5) is 34.4. The Morgan fingerprint density at radius 1 is 1.18 bits per heavy atom. The normalized spacial score (nSPS) is 21.0. The Morgan fingerprint density at radius 3 is 2.56 bits per heavy atom. The number of nitrogens with zero attached hydrogens (tertiary/aromatic N) is 2. The average Bonchev–Trinajstić information content (AvgIpc) is 3.09. The maximum absolute atomic E-state index is 13.5. The van der Waals surface area contributed by atoms with E-state index in [2.05, 4.69) is 53.8 Å². The highest BCUT2D eigenvalue weighted by molar-refractivity contribution is 6.08. The molecule has 1 aromatic carbocycles. The number of hydrogen-bond donors (Lipinski definition) is 2. The van der Waals surface area contributed by atoms with Crippen molar-refractivity contribution in [3.63, 3.8) is 0 Å². The third-order valence-electron chi connectivity index (χ3n) is 8.11. The molecule has 0 atom stereocenters. The summed E-state index contributed by atoms with van der Waals surface area (Å²) in [7, 11) is 0. The molecule has 0 spiro atoms. The summed E-state index contributed by atoms with van der Waals surface area (Å²) in [6.45, 7) is 16.8. The molecule has 2 heterocycles. The fourth-order valence-corrected chi connectivity index (χ4v) is 5.57. The van der Waals surface area contributed by atoms with Crippen molar-refractivity contribution in [3.8, 4) is 0 Å². The summed E-state index contributed by atoms with van der Waals surface area (Å²) in [6, 6.07) is 9.84. The van der Waals surface area contributed by atoms with Crippen molar-refractivity contribution < 1.29 is 4.79 Å². The number of amides is 1. The SMILES string of the molecule is C=C(/C=C(N=CCC)\C(C)=C(/C)Nc1ccc(=O)[nH]c1)c1ccc2c(c1)N(C1CC(CCC)C1)C(=O)C2(C)C. The van der Waals surface area contributed by atoms with E-state index in [9.17, 15) is 9.59 Å². The third kappa shape index (κ3) is 5.85. The Kier molecular flexibility index (Phi) is 8.43. The highest BCUT2D eigenvalue weighted by Crippen LogP contribution is 2.48. The van der Waals surface area contributed by atoms with Gasteiger partial charge in [0.25, 0.3) is 0 Å². The fourth-order valence-electron chi connectivity index (χ4n) is 5.57. The van der Waals surface area contributed by atoms with Gasteiger partial charge in [0.15, 0.2) is 0 Å². The molecule has 1 aliphatic carbocycles. The molecule has 0 saturated heterocycles. The molecule has 0 unspecified atom stereocenters. The molecular formula is C33H42N4O2. The number of pyridine rings is 1. The number of carbonyl (C=O) groups excluding carboxylic acids is 1. The van der Waals surface area contributed by atoms with E-state index in [0.29, 0.717) is 0 Å². The number of hydrogen-bond acceptors (Lipinski definition) is 4. The molecule has 1 saturated carbocycles. The van der Waals surface area contributed by atoms with Gasteiger partial charge in [0.05, 0.1) is 16.8 Å². The number of allylic oxidation sites excluding steroid dienone is 4. The van der Waals surface area contributed by atoms with Gasteiger partial charge in [0.2, 0.25) is 11.5 Å². The van der Waals surface area contributed by atoms with Crippen LogP contribution in [0.3, 0.4) is 0 Å². The first-order valence-corrected chi connectivity index (χ1v) is 14.1. The molecule has 39 heavy (non-hydrogen) atoms. The maximum atomic E-state index is 13.5. The number of benzene rings is 1. The van der Waals surface area contributed by atoms with Crippen LogP contribution in [0.1, 0.15) is 84.8 Å². The van der Waals surface area contributed by atoms with Crippen LogP contribution in [-0.2, 0) is 10.2 Å². The molecule has 0 bridgehead atoms. The number of nitrogens with one attached hydrogen (secondary N) is 2. The Hall–Kier alpha value is -3.67. The highest BCUT2D eigenvalue weighted by Gasteiger charge is 2.49. The molecule has 1 aliphatic heterocycles. The van der Waals surface area contributed by atoms with Crippen molar-refractivity contribution in [1.29, 1.82) is 0 Å². The fraction of sp³-hybridized carbons (Fsp3) is 0.424. The average molecular weight is 527 g/mol. The summed E-state index contributed by atoms with van der Waals surface area (Å²) >= 11 is 0. The van der Waals surface area contributed by atoms with Crippen LogP contribution >= 0.6 is 0 Å². The van der Waals surface area contributed by atoms with Crippen LogP contribution in [0, 0.1) is 5.92 Å². The second-order valence-electron chi connectivity index (χ2n) is 11.4. The number of fused-ring (bicyclic) bond motifs is 1. The topological polar surface area (TPSA) is 77.6 Å². The van der Waals surface area contributed by atoms with Crippen molar-refractivity contribution in [2.24, 2.45) is 10.9 Å². The van der Waals surface area contributed by atoms with E-state index in [4.69, 9.17) is 4.99 Å². The first-order chi connectivity index (χ1) is 18.6. The second-order valence-corrected chi connectivity index (χ2v) is 11.4. The molecule has 4 rings (SSSR count). The number of anilines is 2. The lowest BCUT2D eigenvalue weighted by Crippen LogP contribution is -2.49. The van der Waals surface area contributed by atoms with Gasteiger partial charge in [-0.25, -0.2) is 0 Å². The van der Waals surface area contributed by atoms with E-state index in [1.165, 1.54) is 18.9 Å². The van der Waals surface area contributed by atoms with Crippen LogP contribution in [0.15, 0.2) is 75.9 Å². The summed E-state index contributed by atoms with van der Waals surface area (Å²) in [6.07, 6.45) is 11.0. The van der Waals surface area contributed by atoms with Crippen molar-refractivity contribution >= 4 is 29.1 Å². The first kappa shape index (κ1) is 28.3. The van der Waals surface area contributed by atoms with Crippen molar-refractivity contribution in [2.75, 3.05) is 10.2 Å². The molecule has 2 N–H and O–H groups in total. The van der Waals surface area contributed by atoms with Gasteiger partial charge in [0, 0.05) is 35.9 Å². The Morgan fingerprint density at radius 2 is 1.92 bits per heavy atom. The summed E-state index contributed by atoms with van der Waals surface area (Å²) in [5.41, 5.74) is 6.78. The summed E-state index contributed by atoms with van der Waals surface area (Å²) < 4.78 is 0. The Balaban J connectivity index is 1.64. The quantitative estimate of drug-likeness (QED) is 0.251. The van der Waals surface area contributed by atoms with Crippen molar-refractivity contribution in [3.05, 3.63) is 87.6 Å². The second kappa shape index (κ2) is 11.6. The van der Waals surface area contributed by atoms with E-state index in [1.54, 1.807) is 12.3 Å². The van der Waals surface area contributed by atoms with Gasteiger partial charge in [-0.15, -0.1) is 0 Å². The van der Waals surface area contributed by atoms with Gasteiger partial charge in [-0.3, -0.25) is 14.6 Å². The minimum Gasteiger partial charge on any atom is -0.358 e. The van der Waals surface area contributed by atoms with Gasteiger partial charge in [-0.05, 0) is 93.4 Å². The minimum absolute atomic E-state index is 0.139. The number of H-pyrrole nitrogens is 1. The van der Waals surface area contributed by atoms with E-state index in [-0.39, 0.29) is 17.5 Å². The standard InChI is InChI=1S/C33H42N4O2/c1-8-10-24-17-27(18-24)37-30-19-25(11-13-28(30)33(6,7)32(37)39)21(3)16-29(34-15-9-2)22(4)23(5)36-26-12-14-31(38)35-20-26/h11-16,19-20,24,27,36H,3,8-10,17-18H2,1-2,4-7H3,(H,35,38)/b23-22+,29-16+,34-15?. The van der Waals surface area contributed by atoms with Crippen LogP contribution in [0.4, 0.5) is 11.4 Å². The zero-order valence-electron chi connectivity index (χ0n) is 24.2. The largest absolute Gasteiger partial charge is 0.358 e. The molecule has 2 aliphatic rings. The van der Waals surface area contributed by atoms with Crippen LogP contribution < -0.4 is 15.8 Å². The maximum Gasteiger partial charge on any atom is 0.248 e. The Bertz CT molecular complexity index is 1380. The zero-order chi connectivity index (χ0) is 28.3. The molecule has 0 radical (unpaired) electrons. The predicted octanol–water partition coefficient (Wildman–Crippen LogP) is 7.36. The molecule has 206 valence electrons. The van der Waals surface area contributed by atoms with Gasteiger partial charge < -0.3 is 15.2 Å². The van der Waals surface area contributed by atoms with E-state index in [1.807, 2.05) is 40.0 Å². The number of aliphatic imine (C=N–C) groups is 1. The predicted molar refractivity (Wildman–Crippen MR) is 163 cm³/mol. The third-order valence-corrected chi connectivity index (χ3v) is 8.11. The van der Waals surface area contributed by atoms with Gasteiger partial charge in [0.1, 0.15) is 0 Å². The van der Waals surface area contributed by atoms with Crippen molar-refractivity contribution in [1.82, 2.24) is 4.98 Å². The molecular weight excluding hydrogens is 484 g/mol. The number of carbonyl (C=O) groups is 1. The van der Waals surface area contributed by atoms with Crippen molar-refractivity contribution in [2.45, 2.75) is 85.1 Å². The molecule has 6 heteroatoms. The Labute approximate surface area is 232 Å². The summed E-state index contributed by atoms with van der Waals surface area (Å²) in [5, 5.41) is 3.35. The van der Waals surface area contributed by atoms with Crippen LogP contribution in [-0.4, -0.2) is 23.1 Å². The summed E-state index contributed by atoms with van der Waals surface area (Å²) in [5.74, 6) is 0.925. The highest BCUT2D eigenvalue weighted by atomic mass is 16.2. The molecule has 6 nitrogen and oxygen atoms in total. The monoisotopic (exact) mass is 526 g/mol. The molecule has 2 aromatic rings. The minimum atomic E-state index is -0.527. The lowest BCUT2D eigenvalue weighted by molar-refractivity contribution is -0.123. The number of aromatic nitrogens is 1. The zero-order valence-corrected chi connectivity index (χ0v) is 24.2. The van der Waals surface area contributed by atoms with Gasteiger partial charge in [-0.2, -0.15) is 0 Å². The lowest BCUT2D eigenvalue weighted by Gasteiger charge is -2.42. The molecule has 1 aromatic heterocycles. The van der Waals surface area contributed by atoms with E-state index < -0.39 is 5.41 Å². The van der Waals surface area contributed by atoms with Gasteiger partial charge in [-0.1, -0.05) is 45.4 Å². The van der Waals surface area contributed by atoms with Gasteiger partial charge >= 0.3 is 0 Å². The smallest absolute Gasteiger partial charge is 0.248 e.